The average molecular weight is 345 g/mol. The standard InChI is InChI=1S/C17H19N3O3S/c1-3-9-18-17-19-14(12-24-17)16(22)23-11-15(21)20(2)10-13-7-5-4-6-8-13/h3-8,12H,1,9-11H2,2H3,(H,18,19). The second kappa shape index (κ2) is 8.83. The van der Waals surface area contributed by atoms with Crippen LogP contribution in [0.25, 0.3) is 0 Å². The number of amides is 1. The molecule has 7 heteroatoms. The molecule has 0 fully saturated rings. The minimum absolute atomic E-state index is 0.185. The van der Waals surface area contributed by atoms with Crippen LogP contribution >= 0.6 is 11.3 Å². The first-order valence-corrected chi connectivity index (χ1v) is 8.23. The normalized spacial score (nSPS) is 10.0. The lowest BCUT2D eigenvalue weighted by molar-refractivity contribution is -0.133. The zero-order chi connectivity index (χ0) is 17.4. The lowest BCUT2D eigenvalue weighted by Crippen LogP contribution is -2.30. The molecule has 1 aromatic heterocycles. The smallest absolute Gasteiger partial charge is 0.358 e. The summed E-state index contributed by atoms with van der Waals surface area (Å²) in [6.45, 7) is 4.31. The van der Waals surface area contributed by atoms with Gasteiger partial charge in [-0.2, -0.15) is 0 Å². The van der Waals surface area contributed by atoms with E-state index >= 15 is 0 Å². The molecule has 0 saturated carbocycles. The maximum absolute atomic E-state index is 12.0. The topological polar surface area (TPSA) is 71.5 Å². The van der Waals surface area contributed by atoms with Gasteiger partial charge in [0.2, 0.25) is 0 Å². The third-order valence-corrected chi connectivity index (χ3v) is 3.93. The van der Waals surface area contributed by atoms with E-state index in [1.165, 1.54) is 16.2 Å². The molecule has 1 N–H and O–H groups in total. The Hall–Kier alpha value is -2.67. The number of carbonyl (C=O) groups excluding carboxylic acids is 2. The number of esters is 1. The second-order valence-corrected chi connectivity index (χ2v) is 5.88. The fourth-order valence-electron chi connectivity index (χ4n) is 1.87. The molecule has 1 aromatic carbocycles. The molecule has 0 saturated heterocycles. The van der Waals surface area contributed by atoms with Crippen LogP contribution in [0.1, 0.15) is 16.1 Å². The highest BCUT2D eigenvalue weighted by Crippen LogP contribution is 2.15. The summed E-state index contributed by atoms with van der Waals surface area (Å²) in [6, 6.07) is 9.60. The van der Waals surface area contributed by atoms with Gasteiger partial charge < -0.3 is 15.0 Å². The molecule has 126 valence electrons. The molecule has 0 aliphatic heterocycles. The summed E-state index contributed by atoms with van der Waals surface area (Å²) in [6.07, 6.45) is 1.70. The fraction of sp³-hybridized carbons (Fsp3) is 0.235. The summed E-state index contributed by atoms with van der Waals surface area (Å²) in [4.78, 5) is 29.6. The molecule has 0 radical (unpaired) electrons. The van der Waals surface area contributed by atoms with Crippen LogP contribution in [0.4, 0.5) is 5.13 Å². The van der Waals surface area contributed by atoms with Crippen LogP contribution in [0.2, 0.25) is 0 Å². The van der Waals surface area contributed by atoms with E-state index in [-0.39, 0.29) is 18.2 Å². The van der Waals surface area contributed by atoms with Crippen molar-refractivity contribution in [3.8, 4) is 0 Å². The van der Waals surface area contributed by atoms with Gasteiger partial charge in [-0.3, -0.25) is 4.79 Å². The third-order valence-electron chi connectivity index (χ3n) is 3.13. The largest absolute Gasteiger partial charge is 0.451 e. The van der Waals surface area contributed by atoms with Crippen molar-refractivity contribution in [2.45, 2.75) is 6.54 Å². The Balaban J connectivity index is 1.81. The van der Waals surface area contributed by atoms with E-state index < -0.39 is 5.97 Å². The van der Waals surface area contributed by atoms with Crippen LogP contribution in [0, 0.1) is 0 Å². The number of thiazole rings is 1. The van der Waals surface area contributed by atoms with Crippen LogP contribution in [0.5, 0.6) is 0 Å². The van der Waals surface area contributed by atoms with E-state index in [1.807, 2.05) is 30.3 Å². The van der Waals surface area contributed by atoms with Gasteiger partial charge in [0.1, 0.15) is 0 Å². The molecule has 0 bridgehead atoms. The van der Waals surface area contributed by atoms with Gasteiger partial charge in [0.25, 0.3) is 5.91 Å². The van der Waals surface area contributed by atoms with Crippen molar-refractivity contribution in [2.75, 3.05) is 25.5 Å². The number of anilines is 1. The molecule has 1 amide bonds. The summed E-state index contributed by atoms with van der Waals surface area (Å²) in [5.74, 6) is -0.883. The van der Waals surface area contributed by atoms with Gasteiger partial charge in [0.05, 0.1) is 0 Å². The zero-order valence-electron chi connectivity index (χ0n) is 13.4. The molecule has 6 nitrogen and oxygen atoms in total. The molecule has 2 rings (SSSR count). The first-order valence-electron chi connectivity index (χ1n) is 7.35. The van der Waals surface area contributed by atoms with E-state index in [2.05, 4.69) is 16.9 Å². The zero-order valence-corrected chi connectivity index (χ0v) is 14.2. The summed E-state index contributed by atoms with van der Waals surface area (Å²) in [7, 11) is 1.67. The maximum atomic E-state index is 12.0. The number of rotatable bonds is 8. The van der Waals surface area contributed by atoms with Crippen LogP contribution in [-0.4, -0.2) is 42.0 Å². The Morgan fingerprint density at radius 1 is 1.38 bits per heavy atom. The van der Waals surface area contributed by atoms with Crippen LogP contribution in [-0.2, 0) is 16.1 Å². The summed E-state index contributed by atoms with van der Waals surface area (Å²) < 4.78 is 5.03. The first kappa shape index (κ1) is 17.7. The lowest BCUT2D eigenvalue weighted by Gasteiger charge is -2.16. The Bertz CT molecular complexity index is 700. The van der Waals surface area contributed by atoms with Crippen LogP contribution in [0.3, 0.4) is 0 Å². The van der Waals surface area contributed by atoms with Gasteiger partial charge in [-0.05, 0) is 5.56 Å². The van der Waals surface area contributed by atoms with Crippen molar-refractivity contribution in [2.24, 2.45) is 0 Å². The minimum Gasteiger partial charge on any atom is -0.451 e. The molecule has 0 spiro atoms. The summed E-state index contributed by atoms with van der Waals surface area (Å²) in [5, 5.41) is 5.18. The van der Waals surface area contributed by atoms with Crippen LogP contribution in [0.15, 0.2) is 48.4 Å². The number of carbonyl (C=O) groups is 2. The Labute approximate surface area is 144 Å². The molecule has 24 heavy (non-hydrogen) atoms. The number of likely N-dealkylation sites (N-methyl/N-ethyl adjacent to an activating group) is 1. The van der Waals surface area contributed by atoms with Crippen molar-refractivity contribution in [1.82, 2.24) is 9.88 Å². The highest BCUT2D eigenvalue weighted by Gasteiger charge is 2.16. The molecular weight excluding hydrogens is 326 g/mol. The van der Waals surface area contributed by atoms with Crippen molar-refractivity contribution >= 4 is 28.3 Å². The number of ether oxygens (including phenoxy) is 1. The highest BCUT2D eigenvalue weighted by atomic mass is 32.1. The molecule has 2 aromatic rings. The molecule has 1 heterocycles. The number of nitrogens with zero attached hydrogens (tertiary/aromatic N) is 2. The number of aromatic nitrogens is 1. The third kappa shape index (κ3) is 5.20. The maximum Gasteiger partial charge on any atom is 0.358 e. The van der Waals surface area contributed by atoms with E-state index in [1.54, 1.807) is 18.5 Å². The predicted octanol–water partition coefficient (Wildman–Crippen LogP) is 2.56. The highest BCUT2D eigenvalue weighted by molar-refractivity contribution is 7.13. The van der Waals surface area contributed by atoms with E-state index in [0.29, 0.717) is 18.2 Å². The first-order chi connectivity index (χ1) is 11.6. The molecule has 0 aliphatic carbocycles. The molecular formula is C17H19N3O3S. The van der Waals surface area contributed by atoms with Gasteiger partial charge in [-0.1, -0.05) is 36.4 Å². The van der Waals surface area contributed by atoms with Gasteiger partial charge in [0.15, 0.2) is 17.4 Å². The van der Waals surface area contributed by atoms with Gasteiger partial charge in [-0.25, -0.2) is 9.78 Å². The van der Waals surface area contributed by atoms with Gasteiger partial charge in [0, 0.05) is 25.5 Å². The average Bonchev–Trinajstić information content (AvgIpc) is 3.07. The van der Waals surface area contributed by atoms with Crippen molar-refractivity contribution in [1.29, 1.82) is 0 Å². The molecule has 0 aliphatic rings. The van der Waals surface area contributed by atoms with Crippen molar-refractivity contribution in [3.63, 3.8) is 0 Å². The molecule has 0 unspecified atom stereocenters. The number of nitrogens with one attached hydrogen (secondary N) is 1. The SMILES string of the molecule is C=CCNc1nc(C(=O)OCC(=O)N(C)Cc2ccccc2)cs1. The van der Waals surface area contributed by atoms with E-state index in [0.717, 1.165) is 5.56 Å². The van der Waals surface area contributed by atoms with E-state index in [4.69, 9.17) is 4.74 Å². The Morgan fingerprint density at radius 2 is 2.12 bits per heavy atom. The Morgan fingerprint density at radius 3 is 2.83 bits per heavy atom. The lowest BCUT2D eigenvalue weighted by atomic mass is 10.2. The van der Waals surface area contributed by atoms with E-state index in [9.17, 15) is 9.59 Å². The van der Waals surface area contributed by atoms with Gasteiger partial charge in [-0.15, -0.1) is 17.9 Å². The monoisotopic (exact) mass is 345 g/mol. The second-order valence-electron chi connectivity index (χ2n) is 5.02. The molecule has 0 atom stereocenters. The summed E-state index contributed by atoms with van der Waals surface area (Å²) in [5.41, 5.74) is 1.20. The summed E-state index contributed by atoms with van der Waals surface area (Å²) >= 11 is 1.29. The minimum atomic E-state index is -0.612. The van der Waals surface area contributed by atoms with Crippen molar-refractivity contribution < 1.29 is 14.3 Å². The number of benzene rings is 1. The van der Waals surface area contributed by atoms with Crippen LogP contribution < -0.4 is 5.32 Å². The van der Waals surface area contributed by atoms with Gasteiger partial charge >= 0.3 is 5.97 Å². The fourth-order valence-corrected chi connectivity index (χ4v) is 2.55. The Kier molecular flexibility index (Phi) is 6.51. The van der Waals surface area contributed by atoms with Crippen molar-refractivity contribution in [3.05, 3.63) is 59.6 Å². The number of hydrogen-bond donors (Lipinski definition) is 1. The quantitative estimate of drug-likeness (QED) is 0.588. The predicted molar refractivity (Wildman–Crippen MR) is 94.0 cm³/mol. The number of hydrogen-bond acceptors (Lipinski definition) is 6.